The third-order valence-corrected chi connectivity index (χ3v) is 11.8. The van der Waals surface area contributed by atoms with Gasteiger partial charge in [0.25, 0.3) is 0 Å². The van der Waals surface area contributed by atoms with Crippen LogP contribution in [-0.4, -0.2) is 98.7 Å². The predicted octanol–water partition coefficient (Wildman–Crippen LogP) is 2.36. The summed E-state index contributed by atoms with van der Waals surface area (Å²) in [6.07, 6.45) is -5.08. The Morgan fingerprint density at radius 1 is 0.938 bits per heavy atom. The number of fused-ring (bicyclic) bond motifs is 3. The number of ether oxygens (including phenoxy) is 3. The van der Waals surface area contributed by atoms with Crippen molar-refractivity contribution in [3.8, 4) is 11.1 Å². The molecule has 2 amide bonds. The van der Waals surface area contributed by atoms with Gasteiger partial charge < -0.3 is 51.4 Å². The van der Waals surface area contributed by atoms with Crippen molar-refractivity contribution in [1.29, 1.82) is 0 Å². The number of esters is 1. The number of hydrogen-bond acceptors (Lipinski definition) is 15. The van der Waals surface area contributed by atoms with Crippen molar-refractivity contribution >= 4 is 37.6 Å². The summed E-state index contributed by atoms with van der Waals surface area (Å²) < 4.78 is 39.9. The lowest BCUT2D eigenvalue weighted by molar-refractivity contribution is -0.151. The van der Waals surface area contributed by atoms with Crippen molar-refractivity contribution in [2.75, 3.05) is 25.5 Å². The summed E-state index contributed by atoms with van der Waals surface area (Å²) in [6.45, 7) is 2.80. The molecule has 348 valence electrons. The molecule has 0 saturated carbocycles. The summed E-state index contributed by atoms with van der Waals surface area (Å²) in [7, 11) is -4.94. The highest BCUT2D eigenvalue weighted by atomic mass is 31.2. The van der Waals surface area contributed by atoms with E-state index in [-0.39, 0.29) is 50.3 Å². The fourth-order valence-electron chi connectivity index (χ4n) is 7.33. The van der Waals surface area contributed by atoms with Crippen LogP contribution in [0.3, 0.4) is 0 Å². The summed E-state index contributed by atoms with van der Waals surface area (Å²) in [5.41, 5.74) is 17.3. The zero-order valence-corrected chi connectivity index (χ0v) is 36.5. The molecular formula is C43H53N8O13P. The average Bonchev–Trinajstić information content (AvgIpc) is 3.77. The maximum absolute atomic E-state index is 13.9. The molecule has 2 heterocycles. The van der Waals surface area contributed by atoms with Gasteiger partial charge in [-0.05, 0) is 52.6 Å². The first-order chi connectivity index (χ1) is 31.1. The number of aliphatic hydroxyl groups excluding tert-OH is 2. The molecule has 1 saturated heterocycles. The van der Waals surface area contributed by atoms with E-state index < -0.39 is 80.7 Å². The molecule has 0 bridgehead atoms. The molecule has 10 N–H and O–H groups in total. The number of carbonyl (C=O) groups excluding carboxylic acids is 3. The number of benzene rings is 3. The molecule has 4 aromatic rings. The Hall–Kier alpha value is -6.19. The lowest BCUT2D eigenvalue weighted by Crippen LogP contribution is -2.54. The Kier molecular flexibility index (Phi) is 16.4. The van der Waals surface area contributed by atoms with Gasteiger partial charge in [-0.2, -0.15) is 9.61 Å². The SMILES string of the molecule is CCC(C)C(NC(=O)C(CCCN=C(N)NOP(=O)(O)OC[C@H]1O[C@@H](n2ccc(N)nc2=O)[C@H](O)[C@@H]1O)NC(=O)OCC1c2ccccc2-c2ccccc21)C(=O)OCc1ccccc1. The Morgan fingerprint density at radius 3 is 2.26 bits per heavy atom. The number of nitrogens with one attached hydrogen (secondary N) is 3. The highest BCUT2D eigenvalue weighted by Crippen LogP contribution is 2.45. The maximum Gasteiger partial charge on any atom is 0.493 e. The number of nitrogen functional groups attached to an aromatic ring is 1. The molecular weight excluding hydrogens is 867 g/mol. The molecule has 3 aromatic carbocycles. The summed E-state index contributed by atoms with van der Waals surface area (Å²) in [5.74, 6) is -2.44. The van der Waals surface area contributed by atoms with E-state index >= 15 is 0 Å². The van der Waals surface area contributed by atoms with E-state index in [1.807, 2.05) is 79.1 Å². The molecule has 1 aromatic heterocycles. The number of phosphoric acid groups is 1. The standard InChI is InChI=1S/C43H53N8O13P/c1-3-25(2)35(40(55)60-22-26-12-5-4-6-13-26)49-38(54)32(47-43(57)61-23-31-29-16-9-7-14-27(29)28-15-8-10-17-30(28)31)18-11-20-46-41(45)50-64-65(58,59)62-24-33-36(52)37(53)39(63-33)51-21-19-34(44)48-42(51)56/h4-10,12-17,19,21,25,31-33,35-37,39,52-53H,3,11,18,20,22-24H2,1-2H3,(H,47,57)(H,49,54)(H,58,59)(H2,44,48,56)(H3,45,46,50)/t25?,32?,33-,35?,36-,37-,39-/m1/s1. The number of amides is 2. The molecule has 65 heavy (non-hydrogen) atoms. The number of nitrogens with zero attached hydrogens (tertiary/aromatic N) is 3. The quantitative estimate of drug-likeness (QED) is 0.0158. The van der Waals surface area contributed by atoms with Gasteiger partial charge in [0.15, 0.2) is 6.23 Å². The van der Waals surface area contributed by atoms with E-state index in [9.17, 15) is 38.8 Å². The van der Waals surface area contributed by atoms with Crippen molar-refractivity contribution < 1.29 is 57.4 Å². The Balaban J connectivity index is 1.04. The number of alkyl carbamates (subject to hydrolysis) is 1. The molecule has 0 radical (unpaired) electrons. The fourth-order valence-corrected chi connectivity index (χ4v) is 7.93. The van der Waals surface area contributed by atoms with Crippen molar-refractivity contribution in [1.82, 2.24) is 25.7 Å². The minimum Gasteiger partial charge on any atom is -0.459 e. The molecule has 22 heteroatoms. The van der Waals surface area contributed by atoms with Crippen molar-refractivity contribution in [3.63, 3.8) is 0 Å². The second-order valence-corrected chi connectivity index (χ2v) is 16.8. The van der Waals surface area contributed by atoms with Gasteiger partial charge in [0.05, 0.1) is 6.61 Å². The van der Waals surface area contributed by atoms with Crippen LogP contribution in [0, 0.1) is 5.92 Å². The lowest BCUT2D eigenvalue weighted by atomic mass is 9.98. The predicted molar refractivity (Wildman–Crippen MR) is 234 cm³/mol. The first kappa shape index (κ1) is 48.3. The van der Waals surface area contributed by atoms with E-state index in [1.54, 1.807) is 19.1 Å². The highest BCUT2D eigenvalue weighted by Gasteiger charge is 2.45. The number of carbonyl (C=O) groups is 3. The van der Waals surface area contributed by atoms with Gasteiger partial charge in [-0.25, -0.2) is 24.4 Å². The first-order valence-corrected chi connectivity index (χ1v) is 22.4. The van der Waals surface area contributed by atoms with Gasteiger partial charge >= 0.3 is 25.6 Å². The number of rotatable bonds is 20. The van der Waals surface area contributed by atoms with Crippen LogP contribution in [0.2, 0.25) is 0 Å². The normalized spacial score (nSPS) is 20.4. The fraction of sp³-hybridized carbons (Fsp3) is 0.395. The van der Waals surface area contributed by atoms with Gasteiger partial charge in [0, 0.05) is 18.7 Å². The number of hydroxylamine groups is 1. The van der Waals surface area contributed by atoms with Gasteiger partial charge in [0.2, 0.25) is 11.9 Å². The van der Waals surface area contributed by atoms with Crippen LogP contribution in [0.5, 0.6) is 0 Å². The number of aliphatic hydroxyl groups is 2. The van der Waals surface area contributed by atoms with Crippen LogP contribution < -0.4 is 33.3 Å². The summed E-state index contributed by atoms with van der Waals surface area (Å²) >= 11 is 0. The molecule has 21 nitrogen and oxygen atoms in total. The monoisotopic (exact) mass is 920 g/mol. The summed E-state index contributed by atoms with van der Waals surface area (Å²) in [6, 6.07) is 23.8. The Labute approximate surface area is 373 Å². The van der Waals surface area contributed by atoms with Crippen molar-refractivity contribution in [2.45, 2.75) is 82.3 Å². The first-order valence-electron chi connectivity index (χ1n) is 20.9. The summed E-state index contributed by atoms with van der Waals surface area (Å²) in [5, 5.41) is 26.3. The summed E-state index contributed by atoms with van der Waals surface area (Å²) in [4.78, 5) is 70.7. The molecule has 6 rings (SSSR count). The van der Waals surface area contributed by atoms with Crippen LogP contribution in [0.1, 0.15) is 61.9 Å². The van der Waals surface area contributed by atoms with Crippen LogP contribution in [0.25, 0.3) is 11.1 Å². The minimum absolute atomic E-state index is 0.00554. The van der Waals surface area contributed by atoms with Gasteiger partial charge in [0.1, 0.15) is 49.4 Å². The van der Waals surface area contributed by atoms with E-state index in [2.05, 4.69) is 20.6 Å². The highest BCUT2D eigenvalue weighted by molar-refractivity contribution is 7.47. The number of hydrogen-bond donors (Lipinski definition) is 8. The van der Waals surface area contributed by atoms with E-state index in [1.165, 1.54) is 12.3 Å². The number of anilines is 1. The minimum atomic E-state index is -4.94. The second-order valence-electron chi connectivity index (χ2n) is 15.4. The number of guanidine groups is 1. The van der Waals surface area contributed by atoms with Crippen LogP contribution >= 0.6 is 7.82 Å². The molecule has 4 unspecified atom stereocenters. The maximum atomic E-state index is 13.9. The average molecular weight is 921 g/mol. The third-order valence-electron chi connectivity index (χ3n) is 11.0. The zero-order chi connectivity index (χ0) is 46.7. The Bertz CT molecular complexity index is 2380. The van der Waals surface area contributed by atoms with Crippen LogP contribution in [-0.2, 0) is 44.1 Å². The molecule has 1 aliphatic carbocycles. The van der Waals surface area contributed by atoms with E-state index in [4.69, 9.17) is 34.8 Å². The molecule has 8 atom stereocenters. The zero-order valence-electron chi connectivity index (χ0n) is 35.6. The molecule has 1 fully saturated rings. The number of nitrogens with two attached hydrogens (primary N) is 2. The van der Waals surface area contributed by atoms with Crippen molar-refractivity contribution in [3.05, 3.63) is 118 Å². The largest absolute Gasteiger partial charge is 0.493 e. The van der Waals surface area contributed by atoms with Gasteiger partial charge in [-0.1, -0.05) is 99.1 Å². The van der Waals surface area contributed by atoms with Crippen LogP contribution in [0.4, 0.5) is 10.6 Å². The third kappa shape index (κ3) is 12.5. The smallest absolute Gasteiger partial charge is 0.459 e. The van der Waals surface area contributed by atoms with E-state index in [0.29, 0.717) is 6.42 Å². The second kappa shape index (κ2) is 22.1. The van der Waals surface area contributed by atoms with Crippen LogP contribution in [0.15, 0.2) is 101 Å². The molecule has 0 spiro atoms. The number of phosphoric ester groups is 1. The van der Waals surface area contributed by atoms with Gasteiger partial charge in [-0.3, -0.25) is 18.9 Å². The van der Waals surface area contributed by atoms with Gasteiger partial charge in [-0.15, -0.1) is 0 Å². The Morgan fingerprint density at radius 2 is 1.60 bits per heavy atom. The molecule has 1 aliphatic heterocycles. The van der Waals surface area contributed by atoms with E-state index in [0.717, 1.165) is 32.4 Å². The van der Waals surface area contributed by atoms with Crippen molar-refractivity contribution in [2.24, 2.45) is 16.6 Å². The molecule has 2 aliphatic rings. The topological polar surface area (TPSA) is 310 Å². The number of aromatic nitrogens is 2. The number of aliphatic imine (C=N–C) groups is 1. The lowest BCUT2D eigenvalue weighted by Gasteiger charge is -2.26.